The largest absolute Gasteiger partial charge is 0.480 e. The number of hydrogen-bond acceptors (Lipinski definition) is 4. The first-order valence-corrected chi connectivity index (χ1v) is 9.99. The van der Waals surface area contributed by atoms with E-state index < -0.39 is 11.9 Å². The number of aliphatic carboxylic acids is 2. The summed E-state index contributed by atoms with van der Waals surface area (Å²) in [5, 5.41) is 17.6. The second-order valence-corrected chi connectivity index (χ2v) is 6.90. The Morgan fingerprint density at radius 1 is 0.800 bits per heavy atom. The molecule has 0 saturated heterocycles. The minimum Gasteiger partial charge on any atom is -0.480 e. The van der Waals surface area contributed by atoms with Gasteiger partial charge in [-0.1, -0.05) is 32.0 Å². The number of benzene rings is 2. The first-order chi connectivity index (χ1) is 14.2. The van der Waals surface area contributed by atoms with Gasteiger partial charge in [-0.15, -0.1) is 0 Å². The lowest BCUT2D eigenvalue weighted by Crippen LogP contribution is -2.09. The van der Waals surface area contributed by atoms with Gasteiger partial charge >= 0.3 is 11.9 Å². The molecule has 30 heavy (non-hydrogen) atoms. The summed E-state index contributed by atoms with van der Waals surface area (Å²) in [7, 11) is 0. The van der Waals surface area contributed by atoms with Gasteiger partial charge in [0, 0.05) is 0 Å². The van der Waals surface area contributed by atoms with Crippen LogP contribution in [0, 0.1) is 27.7 Å². The van der Waals surface area contributed by atoms with E-state index in [1.165, 1.54) is 0 Å². The van der Waals surface area contributed by atoms with Gasteiger partial charge in [0.2, 0.25) is 0 Å². The highest BCUT2D eigenvalue weighted by Crippen LogP contribution is 2.33. The average molecular weight is 417 g/mol. The van der Waals surface area contributed by atoms with Gasteiger partial charge in [0.15, 0.2) is 0 Å². The van der Waals surface area contributed by atoms with E-state index in [1.807, 2.05) is 59.7 Å². The Morgan fingerprint density at radius 2 is 1.37 bits per heavy atom. The van der Waals surface area contributed by atoms with Crippen LogP contribution in [0.4, 0.5) is 0 Å². The third-order valence-corrected chi connectivity index (χ3v) is 4.77. The van der Waals surface area contributed by atoms with Crippen LogP contribution in [-0.2, 0) is 32.3 Å². The molecule has 2 rings (SSSR count). The van der Waals surface area contributed by atoms with Crippen molar-refractivity contribution < 1.29 is 29.3 Å². The normalized spacial score (nSPS) is 10.3. The number of hydrogen-bond donors (Lipinski definition) is 2. The first-order valence-electron chi connectivity index (χ1n) is 9.99. The van der Waals surface area contributed by atoms with Gasteiger partial charge in [0.05, 0.1) is 13.2 Å². The zero-order chi connectivity index (χ0) is 22.8. The number of rotatable bonds is 9. The van der Waals surface area contributed by atoms with Crippen molar-refractivity contribution in [2.24, 2.45) is 0 Å². The number of carbonyl (C=O) groups is 2. The number of ether oxygens (including phenoxy) is 2. The standard InChI is InChI=1S/C22H26O6.C2H6/c1-13-5-6-17(8-18(13)9-27-11-20(23)24)22-15(3)7-14(2)16(4)19(22)10-28-12-21(25)26;1-2/h5-8H,9-12H2,1-4H3,(H,23,24)(H,25,26);1-2H3. The Balaban J connectivity index is 0.00000218. The molecule has 0 aliphatic carbocycles. The van der Waals surface area contributed by atoms with Crippen LogP contribution in [0.2, 0.25) is 0 Å². The summed E-state index contributed by atoms with van der Waals surface area (Å²) in [6.45, 7) is 11.7. The predicted octanol–water partition coefficient (Wildman–Crippen LogP) is 4.82. The summed E-state index contributed by atoms with van der Waals surface area (Å²) in [5.41, 5.74) is 8.11. The third-order valence-electron chi connectivity index (χ3n) is 4.77. The molecule has 164 valence electrons. The fourth-order valence-electron chi connectivity index (χ4n) is 3.22. The van der Waals surface area contributed by atoms with E-state index in [-0.39, 0.29) is 26.4 Å². The second kappa shape index (κ2) is 12.1. The molecule has 0 unspecified atom stereocenters. The summed E-state index contributed by atoms with van der Waals surface area (Å²) in [6.07, 6.45) is 0. The number of aryl methyl sites for hydroxylation is 3. The van der Waals surface area contributed by atoms with E-state index in [2.05, 4.69) is 6.07 Å². The van der Waals surface area contributed by atoms with E-state index in [9.17, 15) is 9.59 Å². The lowest BCUT2D eigenvalue weighted by Gasteiger charge is -2.19. The van der Waals surface area contributed by atoms with Crippen LogP contribution in [0.3, 0.4) is 0 Å². The van der Waals surface area contributed by atoms with Crippen LogP contribution in [0.5, 0.6) is 0 Å². The SMILES string of the molecule is CC.Cc1ccc(-c2c(C)cc(C)c(C)c2COCC(=O)O)cc1COCC(=O)O. The van der Waals surface area contributed by atoms with Gasteiger partial charge in [0.1, 0.15) is 13.2 Å². The zero-order valence-corrected chi connectivity index (χ0v) is 18.7. The number of carboxylic acid groups (broad SMARTS) is 2. The van der Waals surface area contributed by atoms with Crippen molar-refractivity contribution in [2.75, 3.05) is 13.2 Å². The summed E-state index contributed by atoms with van der Waals surface area (Å²) in [6, 6.07) is 8.08. The highest BCUT2D eigenvalue weighted by atomic mass is 16.5. The Hall–Kier alpha value is -2.70. The first kappa shape index (κ1) is 25.3. The maximum absolute atomic E-state index is 10.8. The van der Waals surface area contributed by atoms with E-state index >= 15 is 0 Å². The number of carboxylic acids is 2. The Labute approximate surface area is 178 Å². The van der Waals surface area contributed by atoms with Gasteiger partial charge in [-0.3, -0.25) is 0 Å². The fourth-order valence-corrected chi connectivity index (χ4v) is 3.22. The third kappa shape index (κ3) is 6.97. The van der Waals surface area contributed by atoms with Crippen molar-refractivity contribution in [3.05, 3.63) is 57.6 Å². The minimum atomic E-state index is -1.00. The van der Waals surface area contributed by atoms with Gasteiger partial charge in [0.25, 0.3) is 0 Å². The zero-order valence-electron chi connectivity index (χ0n) is 18.7. The second-order valence-electron chi connectivity index (χ2n) is 6.90. The molecular weight excluding hydrogens is 384 g/mol. The average Bonchev–Trinajstić information content (AvgIpc) is 2.68. The molecule has 0 atom stereocenters. The summed E-state index contributed by atoms with van der Waals surface area (Å²) in [5.74, 6) is -2.01. The quantitative estimate of drug-likeness (QED) is 0.609. The summed E-state index contributed by atoms with van der Waals surface area (Å²) >= 11 is 0. The fraction of sp³-hybridized carbons (Fsp3) is 0.417. The van der Waals surface area contributed by atoms with Crippen LogP contribution < -0.4 is 0 Å². The summed E-state index contributed by atoms with van der Waals surface area (Å²) in [4.78, 5) is 21.5. The molecule has 2 aromatic rings. The molecule has 0 bridgehead atoms. The molecule has 0 saturated carbocycles. The van der Waals surface area contributed by atoms with Gasteiger partial charge in [-0.2, -0.15) is 0 Å². The highest BCUT2D eigenvalue weighted by Gasteiger charge is 2.15. The van der Waals surface area contributed by atoms with Crippen molar-refractivity contribution in [1.82, 2.24) is 0 Å². The molecule has 0 radical (unpaired) electrons. The van der Waals surface area contributed by atoms with Crippen molar-refractivity contribution in [2.45, 2.75) is 54.8 Å². The van der Waals surface area contributed by atoms with E-state index in [0.717, 1.165) is 44.5 Å². The van der Waals surface area contributed by atoms with Crippen LogP contribution in [0.25, 0.3) is 11.1 Å². The molecule has 0 aliphatic heterocycles. The van der Waals surface area contributed by atoms with Crippen molar-refractivity contribution in [3.63, 3.8) is 0 Å². The minimum absolute atomic E-state index is 0.203. The van der Waals surface area contributed by atoms with Crippen LogP contribution in [-0.4, -0.2) is 35.4 Å². The van der Waals surface area contributed by atoms with Gasteiger partial charge < -0.3 is 19.7 Å². The molecule has 0 heterocycles. The molecule has 6 nitrogen and oxygen atoms in total. The highest BCUT2D eigenvalue weighted by molar-refractivity contribution is 5.74. The molecule has 2 N–H and O–H groups in total. The van der Waals surface area contributed by atoms with Crippen molar-refractivity contribution in [1.29, 1.82) is 0 Å². The monoisotopic (exact) mass is 416 g/mol. The molecule has 0 fully saturated rings. The maximum atomic E-state index is 10.8. The van der Waals surface area contributed by atoms with Gasteiger partial charge in [-0.05, 0) is 78.3 Å². The van der Waals surface area contributed by atoms with Crippen LogP contribution >= 0.6 is 0 Å². The Kier molecular flexibility index (Phi) is 10.2. The molecule has 0 amide bonds. The Bertz CT molecular complexity index is 886. The van der Waals surface area contributed by atoms with Crippen molar-refractivity contribution >= 4 is 11.9 Å². The lowest BCUT2D eigenvalue weighted by molar-refractivity contribution is -0.143. The van der Waals surface area contributed by atoms with E-state index in [4.69, 9.17) is 19.7 Å². The predicted molar refractivity (Wildman–Crippen MR) is 117 cm³/mol. The summed E-state index contributed by atoms with van der Waals surface area (Å²) < 4.78 is 10.6. The van der Waals surface area contributed by atoms with E-state index in [1.54, 1.807) is 0 Å². The van der Waals surface area contributed by atoms with Gasteiger partial charge in [-0.25, -0.2) is 9.59 Å². The van der Waals surface area contributed by atoms with E-state index in [0.29, 0.717) is 0 Å². The molecule has 2 aromatic carbocycles. The molecule has 0 aliphatic rings. The van der Waals surface area contributed by atoms with Crippen LogP contribution in [0.15, 0.2) is 24.3 Å². The van der Waals surface area contributed by atoms with Crippen molar-refractivity contribution in [3.8, 4) is 11.1 Å². The van der Waals surface area contributed by atoms with Crippen LogP contribution in [0.1, 0.15) is 47.2 Å². The molecule has 0 aromatic heterocycles. The smallest absolute Gasteiger partial charge is 0.329 e. The molecule has 6 heteroatoms. The topological polar surface area (TPSA) is 93.1 Å². The Morgan fingerprint density at radius 3 is 1.93 bits per heavy atom. The lowest BCUT2D eigenvalue weighted by atomic mass is 9.88. The molecular formula is C24H32O6. The molecule has 0 spiro atoms. The maximum Gasteiger partial charge on any atom is 0.329 e.